The summed E-state index contributed by atoms with van der Waals surface area (Å²) >= 11 is 0. The van der Waals surface area contributed by atoms with Crippen LogP contribution in [0.4, 0.5) is 10.5 Å². The number of anilines is 1. The standard InChI is InChI=1S/C20H20N4O4/c21-18(26)14-6-8-15(9-7-14)22-17(25)12-16-19(27)24(20(28)23-16)11-10-13-4-2-1-3-5-13/h1-9,16H,10-12H2,(H2,21,26)(H,22,25)(H,23,28)/t16-/m0/s1. The first-order chi connectivity index (χ1) is 13.4. The number of nitrogens with zero attached hydrogens (tertiary/aromatic N) is 1. The maximum Gasteiger partial charge on any atom is 0.324 e. The Bertz CT molecular complexity index is 896. The molecule has 0 aromatic heterocycles. The lowest BCUT2D eigenvalue weighted by Crippen LogP contribution is -2.34. The number of nitrogens with two attached hydrogens (primary N) is 1. The zero-order chi connectivity index (χ0) is 20.1. The summed E-state index contributed by atoms with van der Waals surface area (Å²) in [5, 5.41) is 5.18. The number of nitrogens with one attached hydrogen (secondary N) is 2. The van der Waals surface area contributed by atoms with Crippen LogP contribution in [0.1, 0.15) is 22.3 Å². The molecule has 1 atom stereocenters. The van der Waals surface area contributed by atoms with Crippen molar-refractivity contribution in [3.8, 4) is 0 Å². The van der Waals surface area contributed by atoms with Gasteiger partial charge in [0.1, 0.15) is 6.04 Å². The van der Waals surface area contributed by atoms with Crippen LogP contribution in [0.2, 0.25) is 0 Å². The maximum absolute atomic E-state index is 12.5. The Morgan fingerprint density at radius 2 is 1.71 bits per heavy atom. The van der Waals surface area contributed by atoms with Gasteiger partial charge in [0.2, 0.25) is 11.8 Å². The predicted molar refractivity (Wildman–Crippen MR) is 102 cm³/mol. The van der Waals surface area contributed by atoms with E-state index in [1.165, 1.54) is 12.1 Å². The van der Waals surface area contributed by atoms with Crippen LogP contribution in [-0.4, -0.2) is 41.2 Å². The van der Waals surface area contributed by atoms with E-state index in [9.17, 15) is 19.2 Å². The molecule has 2 aromatic rings. The van der Waals surface area contributed by atoms with E-state index in [4.69, 9.17) is 5.73 Å². The largest absolute Gasteiger partial charge is 0.366 e. The van der Waals surface area contributed by atoms with Gasteiger partial charge in [-0.15, -0.1) is 0 Å². The maximum atomic E-state index is 12.5. The molecule has 1 fully saturated rings. The molecular formula is C20H20N4O4. The number of carbonyl (C=O) groups is 4. The van der Waals surface area contributed by atoms with Crippen molar-refractivity contribution in [1.29, 1.82) is 0 Å². The summed E-state index contributed by atoms with van der Waals surface area (Å²) in [6.45, 7) is 0.251. The molecule has 3 rings (SSSR count). The van der Waals surface area contributed by atoms with E-state index in [1.54, 1.807) is 12.1 Å². The molecule has 0 radical (unpaired) electrons. The fraction of sp³-hybridized carbons (Fsp3) is 0.200. The van der Waals surface area contributed by atoms with Crippen LogP contribution >= 0.6 is 0 Å². The molecule has 0 spiro atoms. The highest BCUT2D eigenvalue weighted by molar-refractivity contribution is 6.07. The fourth-order valence-electron chi connectivity index (χ4n) is 2.93. The number of benzene rings is 2. The van der Waals surface area contributed by atoms with Gasteiger partial charge in [-0.3, -0.25) is 19.3 Å². The first kappa shape index (κ1) is 19.1. The molecule has 8 heteroatoms. The van der Waals surface area contributed by atoms with Gasteiger partial charge in [-0.2, -0.15) is 0 Å². The van der Waals surface area contributed by atoms with Crippen molar-refractivity contribution < 1.29 is 19.2 Å². The van der Waals surface area contributed by atoms with Crippen molar-refractivity contribution in [2.75, 3.05) is 11.9 Å². The molecule has 1 aliphatic heterocycles. The number of imide groups is 1. The van der Waals surface area contributed by atoms with Gasteiger partial charge in [0, 0.05) is 17.8 Å². The van der Waals surface area contributed by atoms with Crippen molar-refractivity contribution in [2.24, 2.45) is 5.73 Å². The van der Waals surface area contributed by atoms with Crippen molar-refractivity contribution in [2.45, 2.75) is 18.9 Å². The van der Waals surface area contributed by atoms with Crippen LogP contribution in [0.15, 0.2) is 54.6 Å². The number of primary amides is 1. The van der Waals surface area contributed by atoms with E-state index >= 15 is 0 Å². The molecule has 0 saturated carbocycles. The Morgan fingerprint density at radius 1 is 1.04 bits per heavy atom. The summed E-state index contributed by atoms with van der Waals surface area (Å²) in [4.78, 5) is 48.9. The second-order valence-electron chi connectivity index (χ2n) is 6.42. The topological polar surface area (TPSA) is 122 Å². The lowest BCUT2D eigenvalue weighted by molar-refractivity contribution is -0.129. The first-order valence-electron chi connectivity index (χ1n) is 8.79. The van der Waals surface area contributed by atoms with E-state index in [2.05, 4.69) is 10.6 Å². The summed E-state index contributed by atoms with van der Waals surface area (Å²) in [6, 6.07) is 14.2. The Hall–Kier alpha value is -3.68. The number of hydrogen-bond acceptors (Lipinski definition) is 4. The van der Waals surface area contributed by atoms with Gasteiger partial charge in [0.15, 0.2) is 0 Å². The van der Waals surface area contributed by atoms with Crippen molar-refractivity contribution in [3.63, 3.8) is 0 Å². The Balaban J connectivity index is 1.54. The van der Waals surface area contributed by atoms with Gasteiger partial charge in [0.05, 0.1) is 6.42 Å². The van der Waals surface area contributed by atoms with E-state index in [0.29, 0.717) is 17.7 Å². The molecule has 28 heavy (non-hydrogen) atoms. The molecule has 0 unspecified atom stereocenters. The summed E-state index contributed by atoms with van der Waals surface area (Å²) in [5.41, 5.74) is 6.98. The minimum absolute atomic E-state index is 0.177. The van der Waals surface area contributed by atoms with Gasteiger partial charge in [-0.25, -0.2) is 4.79 Å². The van der Waals surface area contributed by atoms with Crippen LogP contribution in [0.3, 0.4) is 0 Å². The average molecular weight is 380 g/mol. The van der Waals surface area contributed by atoms with Gasteiger partial charge < -0.3 is 16.4 Å². The summed E-state index contributed by atoms with van der Waals surface area (Å²) in [7, 11) is 0. The lowest BCUT2D eigenvalue weighted by Gasteiger charge is -2.13. The van der Waals surface area contributed by atoms with Crippen molar-refractivity contribution in [3.05, 3.63) is 65.7 Å². The quantitative estimate of drug-likeness (QED) is 0.626. The molecule has 1 aliphatic rings. The third-order valence-electron chi connectivity index (χ3n) is 4.42. The predicted octanol–water partition coefficient (Wildman–Crippen LogP) is 1.28. The molecule has 0 bridgehead atoms. The van der Waals surface area contributed by atoms with Crippen LogP contribution in [0.25, 0.3) is 0 Å². The van der Waals surface area contributed by atoms with Crippen LogP contribution in [0, 0.1) is 0 Å². The molecule has 144 valence electrons. The Morgan fingerprint density at radius 3 is 2.36 bits per heavy atom. The third kappa shape index (κ3) is 4.53. The second kappa shape index (κ2) is 8.34. The normalized spacial score (nSPS) is 16.0. The lowest BCUT2D eigenvalue weighted by atomic mass is 10.1. The highest BCUT2D eigenvalue weighted by Gasteiger charge is 2.38. The first-order valence-corrected chi connectivity index (χ1v) is 8.79. The summed E-state index contributed by atoms with van der Waals surface area (Å²) in [6.07, 6.45) is 0.370. The van der Waals surface area contributed by atoms with Crippen LogP contribution in [-0.2, 0) is 16.0 Å². The summed E-state index contributed by atoms with van der Waals surface area (Å²) < 4.78 is 0. The fourth-order valence-corrected chi connectivity index (χ4v) is 2.93. The molecule has 1 heterocycles. The smallest absolute Gasteiger partial charge is 0.324 e. The van der Waals surface area contributed by atoms with Crippen LogP contribution in [0.5, 0.6) is 0 Å². The van der Waals surface area contributed by atoms with E-state index in [1.807, 2.05) is 30.3 Å². The number of carbonyl (C=O) groups excluding carboxylic acids is 4. The number of amides is 5. The van der Waals surface area contributed by atoms with E-state index in [-0.39, 0.29) is 13.0 Å². The molecular weight excluding hydrogens is 360 g/mol. The third-order valence-corrected chi connectivity index (χ3v) is 4.42. The van der Waals surface area contributed by atoms with E-state index < -0.39 is 29.8 Å². The van der Waals surface area contributed by atoms with Crippen molar-refractivity contribution >= 4 is 29.4 Å². The Kier molecular flexibility index (Phi) is 5.69. The number of urea groups is 1. The SMILES string of the molecule is NC(=O)c1ccc(NC(=O)C[C@@H]2NC(=O)N(CCc3ccccc3)C2=O)cc1. The highest BCUT2D eigenvalue weighted by Crippen LogP contribution is 2.14. The van der Waals surface area contributed by atoms with Crippen LogP contribution < -0.4 is 16.4 Å². The van der Waals surface area contributed by atoms with Gasteiger partial charge in [0.25, 0.3) is 5.91 Å². The minimum atomic E-state index is -0.895. The van der Waals surface area contributed by atoms with Gasteiger partial charge in [-0.1, -0.05) is 30.3 Å². The molecule has 8 nitrogen and oxygen atoms in total. The average Bonchev–Trinajstić information content (AvgIpc) is 2.94. The molecule has 5 amide bonds. The van der Waals surface area contributed by atoms with Crippen molar-refractivity contribution in [1.82, 2.24) is 10.2 Å². The molecule has 1 saturated heterocycles. The molecule has 2 aromatic carbocycles. The highest BCUT2D eigenvalue weighted by atomic mass is 16.2. The Labute approximate surface area is 161 Å². The number of rotatable bonds is 7. The minimum Gasteiger partial charge on any atom is -0.366 e. The molecule has 4 N–H and O–H groups in total. The summed E-state index contributed by atoms with van der Waals surface area (Å²) in [5.74, 6) is -1.40. The monoisotopic (exact) mass is 380 g/mol. The van der Waals surface area contributed by atoms with Gasteiger partial charge >= 0.3 is 6.03 Å². The zero-order valence-corrected chi connectivity index (χ0v) is 15.1. The van der Waals surface area contributed by atoms with Gasteiger partial charge in [-0.05, 0) is 36.2 Å². The van der Waals surface area contributed by atoms with E-state index in [0.717, 1.165) is 10.5 Å². The second-order valence-corrected chi connectivity index (χ2v) is 6.42. The number of hydrogen-bond donors (Lipinski definition) is 3. The zero-order valence-electron chi connectivity index (χ0n) is 15.1. The molecule has 0 aliphatic carbocycles.